The molecule has 4 aromatic rings. The van der Waals surface area contributed by atoms with Crippen molar-refractivity contribution in [2.45, 2.75) is 26.7 Å². The van der Waals surface area contributed by atoms with Gasteiger partial charge in [-0.3, -0.25) is 14.4 Å². The third-order valence-corrected chi connectivity index (χ3v) is 9.15. The minimum Gasteiger partial charge on any atom is -0.513 e. The second-order valence-electron chi connectivity index (χ2n) is 10.1. The molecule has 2 heterocycles. The first kappa shape index (κ1) is 32.7. The van der Waals surface area contributed by atoms with Gasteiger partial charge in [0, 0.05) is 51.1 Å². The summed E-state index contributed by atoms with van der Waals surface area (Å²) in [5, 5.41) is 18.9. The molecule has 0 saturated carbocycles. The van der Waals surface area contributed by atoms with Gasteiger partial charge in [0.1, 0.15) is 13.2 Å². The van der Waals surface area contributed by atoms with Crippen LogP contribution >= 0.6 is 22.7 Å². The number of benzene rings is 2. The minimum absolute atomic E-state index is 0.0142. The second kappa shape index (κ2) is 13.6. The zero-order chi connectivity index (χ0) is 32.3. The molecule has 2 aromatic heterocycles. The molecule has 2 N–H and O–H groups in total. The number of carboxylic acid groups (broad SMARTS) is 1. The third kappa shape index (κ3) is 6.78. The van der Waals surface area contributed by atoms with Gasteiger partial charge < -0.3 is 29.2 Å². The second-order valence-corrected chi connectivity index (χ2v) is 12.2. The van der Waals surface area contributed by atoms with Crippen molar-refractivity contribution in [1.82, 2.24) is 0 Å². The number of halogens is 2. The number of carboxylic acids is 1. The molecule has 0 bridgehead atoms. The summed E-state index contributed by atoms with van der Waals surface area (Å²) in [6, 6.07) is 5.84. The lowest BCUT2D eigenvalue weighted by Crippen LogP contribution is -2.14. The Kier molecular flexibility index (Phi) is 10.1. The molecule has 4 rings (SSSR count). The predicted octanol–water partition coefficient (Wildman–Crippen LogP) is 7.44. The largest absolute Gasteiger partial charge is 0.513 e. The molecule has 0 fully saturated rings. The quantitative estimate of drug-likeness (QED) is 0.0768. The summed E-state index contributed by atoms with van der Waals surface area (Å²) in [6.45, 7) is 6.09. The van der Waals surface area contributed by atoms with Crippen LogP contribution in [0.1, 0.15) is 46.0 Å². The van der Waals surface area contributed by atoms with E-state index in [0.717, 1.165) is 22.7 Å². The molecule has 0 radical (unpaired) electrons. The molecule has 9 nitrogen and oxygen atoms in total. The SMILES string of the molecule is C=C(O)[C@@H](C)CC(=O)c1cc2c(F)c(OCCOc3c(OC)cc4sc(C(=O)C[C@H](C)C(=O)O)cc4c3F)c(OC)cc2s1. The molecule has 0 aliphatic heterocycles. The van der Waals surface area contributed by atoms with Crippen LogP contribution in [0.5, 0.6) is 23.0 Å². The molecule has 2 aromatic carbocycles. The van der Waals surface area contributed by atoms with Gasteiger partial charge in [0.25, 0.3) is 0 Å². The molecule has 2 atom stereocenters. The van der Waals surface area contributed by atoms with Gasteiger partial charge >= 0.3 is 5.97 Å². The Balaban J connectivity index is 1.51. The lowest BCUT2D eigenvalue weighted by atomic mass is 10.0. The van der Waals surface area contributed by atoms with Crippen molar-refractivity contribution in [3.63, 3.8) is 0 Å². The highest BCUT2D eigenvalue weighted by Gasteiger charge is 2.24. The van der Waals surface area contributed by atoms with Gasteiger partial charge in [-0.05, 0) is 12.1 Å². The molecular formula is C31H30F2O9S2. The van der Waals surface area contributed by atoms with Crippen molar-refractivity contribution in [1.29, 1.82) is 0 Å². The van der Waals surface area contributed by atoms with Crippen LogP contribution in [0.4, 0.5) is 8.78 Å². The van der Waals surface area contributed by atoms with Gasteiger partial charge in [-0.2, -0.15) is 0 Å². The van der Waals surface area contributed by atoms with Gasteiger partial charge in [0.2, 0.25) is 0 Å². The number of aliphatic carboxylic acids is 1. The van der Waals surface area contributed by atoms with E-state index in [1.54, 1.807) is 13.0 Å². The highest BCUT2D eigenvalue weighted by Crippen LogP contribution is 2.42. The average Bonchev–Trinajstić information content (AvgIpc) is 3.62. The van der Waals surface area contributed by atoms with Crippen molar-refractivity contribution >= 4 is 60.4 Å². The monoisotopic (exact) mass is 648 g/mol. The maximum atomic E-state index is 15.5. The van der Waals surface area contributed by atoms with E-state index in [9.17, 15) is 19.5 Å². The summed E-state index contributed by atoms with van der Waals surface area (Å²) in [6.07, 6.45) is -0.212. The zero-order valence-electron chi connectivity index (χ0n) is 24.3. The van der Waals surface area contributed by atoms with Gasteiger partial charge in [0.05, 0.1) is 35.7 Å². The van der Waals surface area contributed by atoms with Crippen LogP contribution in [0.15, 0.2) is 36.6 Å². The summed E-state index contributed by atoms with van der Waals surface area (Å²) < 4.78 is 53.8. The highest BCUT2D eigenvalue weighted by atomic mass is 32.1. The van der Waals surface area contributed by atoms with Gasteiger partial charge in [0.15, 0.2) is 46.2 Å². The number of aliphatic hydroxyl groups is 1. The van der Waals surface area contributed by atoms with Crippen molar-refractivity contribution in [3.8, 4) is 23.0 Å². The number of aliphatic hydroxyl groups excluding tert-OH is 1. The summed E-state index contributed by atoms with van der Waals surface area (Å²) in [5.41, 5.74) is 0. The molecular weight excluding hydrogens is 618 g/mol. The number of carbonyl (C=O) groups excluding carboxylic acids is 2. The van der Waals surface area contributed by atoms with E-state index >= 15 is 8.78 Å². The van der Waals surface area contributed by atoms with Crippen LogP contribution in [-0.2, 0) is 4.79 Å². The molecule has 0 amide bonds. The Bertz CT molecular complexity index is 1630. The predicted molar refractivity (Wildman–Crippen MR) is 163 cm³/mol. The third-order valence-electron chi connectivity index (χ3n) is 6.90. The van der Waals surface area contributed by atoms with E-state index in [2.05, 4.69) is 6.58 Å². The van der Waals surface area contributed by atoms with Gasteiger partial charge in [-0.1, -0.05) is 20.4 Å². The first-order valence-electron chi connectivity index (χ1n) is 13.4. The lowest BCUT2D eigenvalue weighted by molar-refractivity contribution is -0.141. The number of hydrogen-bond donors (Lipinski definition) is 2. The zero-order valence-corrected chi connectivity index (χ0v) is 26.0. The van der Waals surface area contributed by atoms with Gasteiger partial charge in [-0.15, -0.1) is 22.7 Å². The van der Waals surface area contributed by atoms with Crippen LogP contribution < -0.4 is 18.9 Å². The lowest BCUT2D eigenvalue weighted by Gasteiger charge is -2.14. The maximum Gasteiger partial charge on any atom is 0.306 e. The first-order valence-corrected chi connectivity index (χ1v) is 15.0. The fraction of sp³-hybridized carbons (Fsp3) is 0.323. The Morgan fingerprint density at radius 3 is 1.55 bits per heavy atom. The maximum absolute atomic E-state index is 15.5. The summed E-state index contributed by atoms with van der Waals surface area (Å²) >= 11 is 2.11. The highest BCUT2D eigenvalue weighted by molar-refractivity contribution is 7.21. The van der Waals surface area contributed by atoms with Crippen LogP contribution in [0, 0.1) is 23.5 Å². The summed E-state index contributed by atoms with van der Waals surface area (Å²) in [7, 11) is 2.67. The smallest absolute Gasteiger partial charge is 0.306 e. The number of rotatable bonds is 15. The number of thiophene rings is 2. The average molecular weight is 649 g/mol. The Hall–Kier alpha value is -4.23. The number of Topliss-reactive ketones (excluding diaryl/α,β-unsaturated/α-hetero) is 2. The molecule has 13 heteroatoms. The van der Waals surface area contributed by atoms with E-state index in [0.29, 0.717) is 14.3 Å². The minimum atomic E-state index is -1.10. The van der Waals surface area contributed by atoms with Crippen LogP contribution in [-0.4, -0.2) is 55.2 Å². The van der Waals surface area contributed by atoms with Crippen molar-refractivity contribution in [3.05, 3.63) is 58.0 Å². The van der Waals surface area contributed by atoms with Crippen molar-refractivity contribution in [2.75, 3.05) is 27.4 Å². The van der Waals surface area contributed by atoms with E-state index in [4.69, 9.17) is 24.1 Å². The van der Waals surface area contributed by atoms with Crippen LogP contribution in [0.2, 0.25) is 0 Å². The normalized spacial score (nSPS) is 12.6. The summed E-state index contributed by atoms with van der Waals surface area (Å²) in [5.74, 6) is -5.06. The Morgan fingerprint density at radius 1 is 0.773 bits per heavy atom. The Morgan fingerprint density at radius 2 is 1.18 bits per heavy atom. The molecule has 0 aliphatic carbocycles. The van der Waals surface area contributed by atoms with E-state index in [-0.39, 0.29) is 76.2 Å². The number of allylic oxidation sites excluding steroid dienone is 1. The van der Waals surface area contributed by atoms with Gasteiger partial charge in [-0.25, -0.2) is 8.78 Å². The Labute approximate surface area is 259 Å². The number of methoxy groups -OCH3 is 2. The van der Waals surface area contributed by atoms with Crippen LogP contribution in [0.25, 0.3) is 20.2 Å². The standard InChI is InChI=1S/C31H30F2O9S2/c1-14(16(3)34)8-19(35)25-10-17-23(43-25)12-21(39-4)29(27(17)32)41-6-7-42-30-22(40-5)13-24-18(28(30)33)11-26(44-24)20(36)9-15(2)31(37)38/h10-15,34H,3,6-9H2,1-2,4-5H3,(H,37,38)/t14-,15-/m0/s1. The number of fused-ring (bicyclic) bond motifs is 2. The topological polar surface area (TPSA) is 129 Å². The van der Waals surface area contributed by atoms with E-state index in [1.165, 1.54) is 39.3 Å². The number of ketones is 2. The fourth-order valence-corrected chi connectivity index (χ4v) is 6.37. The molecule has 0 aliphatic rings. The first-order chi connectivity index (χ1) is 20.9. The molecule has 44 heavy (non-hydrogen) atoms. The van der Waals surface area contributed by atoms with E-state index < -0.39 is 35.2 Å². The number of carbonyl (C=O) groups is 3. The van der Waals surface area contributed by atoms with E-state index in [1.807, 2.05) is 0 Å². The fourth-order valence-electron chi connectivity index (χ4n) is 4.29. The number of ether oxygens (including phenoxy) is 4. The van der Waals surface area contributed by atoms with Crippen molar-refractivity contribution < 1.29 is 52.3 Å². The molecule has 0 unspecified atom stereocenters. The summed E-state index contributed by atoms with van der Waals surface area (Å²) in [4.78, 5) is 36.9. The van der Waals surface area contributed by atoms with Crippen molar-refractivity contribution in [2.24, 2.45) is 11.8 Å². The number of hydrogen-bond acceptors (Lipinski definition) is 10. The van der Waals surface area contributed by atoms with Crippen LogP contribution in [0.3, 0.4) is 0 Å². The molecule has 0 saturated heterocycles. The molecule has 0 spiro atoms. The molecule has 234 valence electrons.